The lowest BCUT2D eigenvalue weighted by atomic mass is 10.1. The van der Waals surface area contributed by atoms with E-state index in [1.807, 2.05) is 11.4 Å². The molecule has 2 rings (SSSR count). The van der Waals surface area contributed by atoms with Crippen LogP contribution in [0.3, 0.4) is 0 Å². The minimum absolute atomic E-state index is 0.216. The predicted molar refractivity (Wildman–Crippen MR) is 88.9 cm³/mol. The molecule has 0 aromatic carbocycles. The van der Waals surface area contributed by atoms with E-state index in [1.54, 1.807) is 11.3 Å². The van der Waals surface area contributed by atoms with Crippen LogP contribution < -0.4 is 0 Å². The Kier molecular flexibility index (Phi) is 5.65. The molecule has 0 N–H and O–H groups in total. The zero-order valence-electron chi connectivity index (χ0n) is 11.6. The van der Waals surface area contributed by atoms with Crippen LogP contribution in [0.5, 0.6) is 0 Å². The quantitative estimate of drug-likeness (QED) is 0.718. The first-order chi connectivity index (χ1) is 9.08. The van der Waals surface area contributed by atoms with Crippen molar-refractivity contribution in [2.75, 3.05) is 27.2 Å². The Balaban J connectivity index is 2.09. The minimum Gasteiger partial charge on any atom is -0.334 e. The second-order valence-electron chi connectivity index (χ2n) is 5.38. The fourth-order valence-corrected chi connectivity index (χ4v) is 3.88. The molecule has 0 aliphatic heterocycles. The van der Waals surface area contributed by atoms with Crippen molar-refractivity contribution in [1.82, 2.24) is 9.80 Å². The summed E-state index contributed by atoms with van der Waals surface area (Å²) in [4.78, 5) is 16.9. The highest BCUT2D eigenvalue weighted by molar-refractivity contribution is 14.1. The normalized spacial score (nSPS) is 16.2. The molecule has 5 heteroatoms. The Bertz CT molecular complexity index is 427. The van der Waals surface area contributed by atoms with Crippen LogP contribution in [-0.2, 0) is 0 Å². The number of amides is 1. The van der Waals surface area contributed by atoms with E-state index in [9.17, 15) is 4.79 Å². The maximum Gasteiger partial charge on any atom is 0.255 e. The smallest absolute Gasteiger partial charge is 0.255 e. The number of rotatable bonds is 5. The summed E-state index contributed by atoms with van der Waals surface area (Å²) in [7, 11) is 4.12. The van der Waals surface area contributed by atoms with Crippen LogP contribution in [0.2, 0.25) is 0 Å². The van der Waals surface area contributed by atoms with E-state index in [2.05, 4.69) is 46.5 Å². The van der Waals surface area contributed by atoms with Crippen molar-refractivity contribution in [1.29, 1.82) is 0 Å². The molecular formula is C14H21IN2OS. The summed E-state index contributed by atoms with van der Waals surface area (Å²) in [5, 5.41) is 1.99. The Morgan fingerprint density at radius 2 is 2.05 bits per heavy atom. The number of thiophene rings is 1. The molecule has 0 spiro atoms. The van der Waals surface area contributed by atoms with Gasteiger partial charge in [0.15, 0.2) is 0 Å². The van der Waals surface area contributed by atoms with Crippen LogP contribution in [-0.4, -0.2) is 48.9 Å². The van der Waals surface area contributed by atoms with Gasteiger partial charge in [-0.1, -0.05) is 12.8 Å². The van der Waals surface area contributed by atoms with Gasteiger partial charge in [-0.2, -0.15) is 0 Å². The number of carbonyl (C=O) groups excluding carboxylic acids is 1. The predicted octanol–water partition coefficient (Wildman–Crippen LogP) is 3.30. The zero-order valence-corrected chi connectivity index (χ0v) is 14.5. The van der Waals surface area contributed by atoms with E-state index in [4.69, 9.17) is 0 Å². The Hall–Kier alpha value is -0.140. The van der Waals surface area contributed by atoms with Gasteiger partial charge in [0.2, 0.25) is 0 Å². The van der Waals surface area contributed by atoms with Crippen LogP contribution >= 0.6 is 33.9 Å². The third-order valence-electron chi connectivity index (χ3n) is 3.63. The molecular weight excluding hydrogens is 371 g/mol. The average molecular weight is 392 g/mol. The van der Waals surface area contributed by atoms with Gasteiger partial charge in [-0.15, -0.1) is 11.3 Å². The van der Waals surface area contributed by atoms with Gasteiger partial charge in [-0.05, 0) is 55.6 Å². The van der Waals surface area contributed by atoms with Crippen LogP contribution in [0.1, 0.15) is 36.0 Å². The average Bonchev–Trinajstić information content (AvgIpc) is 3.00. The van der Waals surface area contributed by atoms with Crippen molar-refractivity contribution < 1.29 is 4.79 Å². The molecule has 1 saturated carbocycles. The molecule has 0 unspecified atom stereocenters. The molecule has 0 bridgehead atoms. The monoisotopic (exact) mass is 392 g/mol. The SMILES string of the molecule is CN(C)CCN(C(=O)c1csc(I)c1)C1CCCC1. The lowest BCUT2D eigenvalue weighted by Crippen LogP contribution is -2.42. The van der Waals surface area contributed by atoms with E-state index in [-0.39, 0.29) is 5.91 Å². The second-order valence-corrected chi connectivity index (χ2v) is 8.19. The number of hydrogen-bond donors (Lipinski definition) is 0. The van der Waals surface area contributed by atoms with Gasteiger partial charge in [-0.25, -0.2) is 0 Å². The van der Waals surface area contributed by atoms with Gasteiger partial charge in [0, 0.05) is 24.5 Å². The topological polar surface area (TPSA) is 23.6 Å². The van der Waals surface area contributed by atoms with E-state index in [0.29, 0.717) is 6.04 Å². The van der Waals surface area contributed by atoms with E-state index in [0.717, 1.165) is 18.7 Å². The third-order valence-corrected chi connectivity index (χ3v) is 5.42. The number of likely N-dealkylation sites (N-methyl/N-ethyl adjacent to an activating group) is 1. The molecule has 0 saturated heterocycles. The molecule has 1 amide bonds. The van der Waals surface area contributed by atoms with Crippen LogP contribution in [0, 0.1) is 2.88 Å². The maximum atomic E-state index is 12.7. The number of nitrogens with zero attached hydrogens (tertiary/aromatic N) is 2. The van der Waals surface area contributed by atoms with Gasteiger partial charge < -0.3 is 9.80 Å². The van der Waals surface area contributed by atoms with Crippen molar-refractivity contribution in [3.8, 4) is 0 Å². The Morgan fingerprint density at radius 1 is 1.37 bits per heavy atom. The standard InChI is InChI=1S/C14H21IN2OS/c1-16(2)7-8-17(12-5-3-4-6-12)14(18)11-9-13(15)19-10-11/h9-10,12H,3-8H2,1-2H3. The third kappa shape index (κ3) is 4.16. The summed E-state index contributed by atoms with van der Waals surface area (Å²) in [6.45, 7) is 1.77. The molecule has 19 heavy (non-hydrogen) atoms. The first-order valence-electron chi connectivity index (χ1n) is 6.77. The van der Waals surface area contributed by atoms with Crippen molar-refractivity contribution >= 4 is 39.8 Å². The molecule has 1 aliphatic rings. The molecule has 1 fully saturated rings. The van der Waals surface area contributed by atoms with Gasteiger partial charge >= 0.3 is 0 Å². The Labute approximate surface area is 133 Å². The second kappa shape index (κ2) is 7.04. The summed E-state index contributed by atoms with van der Waals surface area (Å²) in [6.07, 6.45) is 4.86. The minimum atomic E-state index is 0.216. The summed E-state index contributed by atoms with van der Waals surface area (Å²) < 4.78 is 1.18. The van der Waals surface area contributed by atoms with E-state index >= 15 is 0 Å². The largest absolute Gasteiger partial charge is 0.334 e. The lowest BCUT2D eigenvalue weighted by Gasteiger charge is -2.30. The van der Waals surface area contributed by atoms with Crippen molar-refractivity contribution in [2.45, 2.75) is 31.7 Å². The van der Waals surface area contributed by atoms with Crippen LogP contribution in [0.4, 0.5) is 0 Å². The molecule has 3 nitrogen and oxygen atoms in total. The molecule has 1 aromatic heterocycles. The number of hydrogen-bond acceptors (Lipinski definition) is 3. The zero-order chi connectivity index (χ0) is 13.8. The van der Waals surface area contributed by atoms with Crippen molar-refractivity contribution in [3.05, 3.63) is 19.9 Å². The highest BCUT2D eigenvalue weighted by atomic mass is 127. The number of carbonyl (C=O) groups is 1. The van der Waals surface area contributed by atoms with Gasteiger partial charge in [-0.3, -0.25) is 4.79 Å². The van der Waals surface area contributed by atoms with Crippen molar-refractivity contribution in [2.24, 2.45) is 0 Å². The molecule has 0 radical (unpaired) electrons. The number of halogens is 1. The first kappa shape index (κ1) is 15.3. The van der Waals surface area contributed by atoms with Crippen LogP contribution in [0.25, 0.3) is 0 Å². The molecule has 1 aromatic rings. The summed E-state index contributed by atoms with van der Waals surface area (Å²) >= 11 is 3.92. The Morgan fingerprint density at radius 3 is 2.58 bits per heavy atom. The fraction of sp³-hybridized carbons (Fsp3) is 0.643. The van der Waals surface area contributed by atoms with Crippen LogP contribution in [0.15, 0.2) is 11.4 Å². The van der Waals surface area contributed by atoms with Gasteiger partial charge in [0.1, 0.15) is 0 Å². The molecule has 0 atom stereocenters. The molecule has 1 aliphatic carbocycles. The molecule has 106 valence electrons. The lowest BCUT2D eigenvalue weighted by molar-refractivity contribution is 0.0668. The highest BCUT2D eigenvalue weighted by Crippen LogP contribution is 2.26. The summed E-state index contributed by atoms with van der Waals surface area (Å²) in [5.41, 5.74) is 0.861. The summed E-state index contributed by atoms with van der Waals surface area (Å²) in [5.74, 6) is 0.216. The summed E-state index contributed by atoms with van der Waals surface area (Å²) in [6, 6.07) is 2.45. The van der Waals surface area contributed by atoms with Crippen molar-refractivity contribution in [3.63, 3.8) is 0 Å². The van der Waals surface area contributed by atoms with E-state index in [1.165, 1.54) is 28.6 Å². The van der Waals surface area contributed by atoms with Gasteiger partial charge in [0.05, 0.1) is 8.45 Å². The van der Waals surface area contributed by atoms with E-state index < -0.39 is 0 Å². The molecule has 1 heterocycles. The first-order valence-corrected chi connectivity index (χ1v) is 8.73. The highest BCUT2D eigenvalue weighted by Gasteiger charge is 2.27. The maximum absolute atomic E-state index is 12.7. The van der Waals surface area contributed by atoms with Gasteiger partial charge in [0.25, 0.3) is 5.91 Å². The fourth-order valence-electron chi connectivity index (χ4n) is 2.56.